The van der Waals surface area contributed by atoms with Crippen molar-refractivity contribution in [3.8, 4) is 0 Å². The zero-order chi connectivity index (χ0) is 21.6. The summed E-state index contributed by atoms with van der Waals surface area (Å²) in [4.78, 5) is 12.2. The van der Waals surface area contributed by atoms with Crippen LogP contribution < -0.4 is 0 Å². The number of ether oxygens (including phenoxy) is 3. The summed E-state index contributed by atoms with van der Waals surface area (Å²) in [5, 5.41) is -5.65. The standard InChI is InChI=1S/C17H22F4O7S/c1-9(7-26-5-4-16(18,19)17(20,21)29(23,24)25)15(22)28-13-10-2-3-12-11(6-10)8-27-14(12)13/h10-14H,1-8H2,(H,23,24,25). The van der Waals surface area contributed by atoms with Crippen molar-refractivity contribution < 1.29 is 49.5 Å². The van der Waals surface area contributed by atoms with Gasteiger partial charge in [0.05, 0.1) is 31.5 Å². The van der Waals surface area contributed by atoms with E-state index in [9.17, 15) is 30.8 Å². The smallest absolute Gasteiger partial charge is 0.431 e. The normalized spacial score (nSPS) is 31.7. The van der Waals surface area contributed by atoms with Crippen molar-refractivity contribution in [1.82, 2.24) is 0 Å². The van der Waals surface area contributed by atoms with Gasteiger partial charge in [-0.05, 0) is 37.0 Å². The van der Waals surface area contributed by atoms with Gasteiger partial charge in [0.2, 0.25) is 0 Å². The summed E-state index contributed by atoms with van der Waals surface area (Å²) in [6.07, 6.45) is 0.617. The van der Waals surface area contributed by atoms with Gasteiger partial charge in [0.15, 0.2) is 0 Å². The van der Waals surface area contributed by atoms with Gasteiger partial charge >= 0.3 is 27.3 Å². The number of hydrogen-bond donors (Lipinski definition) is 1. The Bertz CT molecular complexity index is 770. The van der Waals surface area contributed by atoms with Gasteiger partial charge in [0.25, 0.3) is 0 Å². The fourth-order valence-electron chi connectivity index (χ4n) is 4.37. The topological polar surface area (TPSA) is 99.1 Å². The van der Waals surface area contributed by atoms with Crippen LogP contribution in [0.25, 0.3) is 0 Å². The molecule has 0 spiro atoms. The highest BCUT2D eigenvalue weighted by Gasteiger charge is 2.65. The number of carbonyl (C=O) groups excluding carboxylic acids is 1. The van der Waals surface area contributed by atoms with E-state index in [1.165, 1.54) is 0 Å². The van der Waals surface area contributed by atoms with E-state index < -0.39 is 53.0 Å². The zero-order valence-electron chi connectivity index (χ0n) is 15.4. The lowest BCUT2D eigenvalue weighted by Crippen LogP contribution is -2.50. The second kappa shape index (κ2) is 7.78. The van der Waals surface area contributed by atoms with Gasteiger partial charge in [0.1, 0.15) is 6.10 Å². The molecular formula is C17H22F4O7S. The first-order valence-corrected chi connectivity index (χ1v) is 10.6. The number of fused-ring (bicyclic) bond motifs is 1. The van der Waals surface area contributed by atoms with Crippen LogP contribution in [0.15, 0.2) is 12.2 Å². The van der Waals surface area contributed by atoms with Gasteiger partial charge in [-0.2, -0.15) is 26.0 Å². The molecule has 7 nitrogen and oxygen atoms in total. The summed E-state index contributed by atoms with van der Waals surface area (Å²) < 4.78 is 98.0. The molecule has 12 heteroatoms. The van der Waals surface area contributed by atoms with Crippen LogP contribution in [0.4, 0.5) is 17.6 Å². The number of hydrogen-bond acceptors (Lipinski definition) is 6. The van der Waals surface area contributed by atoms with Crippen LogP contribution in [0.3, 0.4) is 0 Å². The minimum atomic E-state index is -6.29. The molecule has 3 saturated carbocycles. The lowest BCUT2D eigenvalue weighted by atomic mass is 9.63. The van der Waals surface area contributed by atoms with Gasteiger partial charge < -0.3 is 14.2 Å². The van der Waals surface area contributed by atoms with Crippen molar-refractivity contribution >= 4 is 16.1 Å². The van der Waals surface area contributed by atoms with Crippen molar-refractivity contribution in [3.05, 3.63) is 12.2 Å². The maximum atomic E-state index is 13.4. The molecule has 0 aromatic heterocycles. The minimum absolute atomic E-state index is 0.161. The summed E-state index contributed by atoms with van der Waals surface area (Å²) in [6.45, 7) is 2.55. The molecule has 1 heterocycles. The van der Waals surface area contributed by atoms with Crippen molar-refractivity contribution in [1.29, 1.82) is 0 Å². The molecule has 3 aliphatic carbocycles. The molecule has 1 aliphatic heterocycles. The fraction of sp³-hybridized carbons (Fsp3) is 0.824. The monoisotopic (exact) mass is 446 g/mol. The molecule has 4 bridgehead atoms. The van der Waals surface area contributed by atoms with Crippen LogP contribution >= 0.6 is 0 Å². The number of alkyl halides is 4. The number of carbonyl (C=O) groups is 1. The Labute approximate surface area is 165 Å². The molecule has 5 unspecified atom stereocenters. The van der Waals surface area contributed by atoms with E-state index in [2.05, 4.69) is 6.58 Å². The third-order valence-electron chi connectivity index (χ3n) is 5.91. The summed E-state index contributed by atoms with van der Waals surface area (Å²) in [7, 11) is -6.29. The lowest BCUT2D eigenvalue weighted by molar-refractivity contribution is -0.171. The molecule has 4 aliphatic rings. The van der Waals surface area contributed by atoms with Gasteiger partial charge in [-0.25, -0.2) is 4.79 Å². The first-order valence-electron chi connectivity index (χ1n) is 9.16. The molecule has 0 amide bonds. The van der Waals surface area contributed by atoms with E-state index in [1.807, 2.05) is 0 Å². The van der Waals surface area contributed by atoms with E-state index in [-0.39, 0.29) is 17.6 Å². The van der Waals surface area contributed by atoms with E-state index in [1.54, 1.807) is 0 Å². The predicted octanol–water partition coefficient (Wildman–Crippen LogP) is 2.42. The van der Waals surface area contributed by atoms with Crippen molar-refractivity contribution in [3.63, 3.8) is 0 Å². The SMILES string of the molecule is C=C(COCCC(F)(F)C(F)(F)S(=O)(=O)O)C(=O)OC1C2CCC3C(COC31)C2. The Morgan fingerprint density at radius 3 is 2.55 bits per heavy atom. The molecule has 29 heavy (non-hydrogen) atoms. The first kappa shape index (κ1) is 22.4. The number of halogens is 4. The zero-order valence-corrected chi connectivity index (χ0v) is 16.2. The average molecular weight is 446 g/mol. The molecule has 166 valence electrons. The quantitative estimate of drug-likeness (QED) is 0.191. The molecule has 0 radical (unpaired) electrons. The minimum Gasteiger partial charge on any atom is -0.456 e. The van der Waals surface area contributed by atoms with E-state index in [0.717, 1.165) is 19.3 Å². The van der Waals surface area contributed by atoms with Crippen LogP contribution in [-0.4, -0.2) is 62.1 Å². The average Bonchev–Trinajstić information content (AvgIpc) is 2.98. The molecule has 4 rings (SSSR count). The molecule has 1 N–H and O–H groups in total. The van der Waals surface area contributed by atoms with Crippen LogP contribution in [0, 0.1) is 17.8 Å². The second-order valence-corrected chi connectivity index (χ2v) is 9.23. The highest BCUT2D eigenvalue weighted by Crippen LogP contribution is 2.51. The Morgan fingerprint density at radius 1 is 1.21 bits per heavy atom. The van der Waals surface area contributed by atoms with Gasteiger partial charge in [-0.15, -0.1) is 0 Å². The number of rotatable bonds is 9. The lowest BCUT2D eigenvalue weighted by Gasteiger charge is -2.45. The third-order valence-corrected chi connectivity index (χ3v) is 6.86. The summed E-state index contributed by atoms with van der Waals surface area (Å²) in [5.74, 6) is -4.81. The summed E-state index contributed by atoms with van der Waals surface area (Å²) >= 11 is 0. The van der Waals surface area contributed by atoms with E-state index in [4.69, 9.17) is 18.8 Å². The van der Waals surface area contributed by atoms with Crippen molar-refractivity contribution in [2.75, 3.05) is 19.8 Å². The predicted molar refractivity (Wildman–Crippen MR) is 90.0 cm³/mol. The van der Waals surface area contributed by atoms with Crippen molar-refractivity contribution in [2.45, 2.75) is 49.1 Å². The van der Waals surface area contributed by atoms with Crippen molar-refractivity contribution in [2.24, 2.45) is 17.8 Å². The van der Waals surface area contributed by atoms with Crippen LogP contribution in [0.2, 0.25) is 0 Å². The molecule has 5 atom stereocenters. The van der Waals surface area contributed by atoms with Gasteiger partial charge in [-0.1, -0.05) is 6.58 Å². The Kier molecular flexibility index (Phi) is 6.03. The Hall–Kier alpha value is -1.24. The van der Waals surface area contributed by atoms with E-state index in [0.29, 0.717) is 18.4 Å². The van der Waals surface area contributed by atoms with Crippen LogP contribution in [0.1, 0.15) is 25.7 Å². The van der Waals surface area contributed by atoms with E-state index >= 15 is 0 Å². The van der Waals surface area contributed by atoms with Gasteiger partial charge in [0, 0.05) is 6.42 Å². The first-order chi connectivity index (χ1) is 13.3. The van der Waals surface area contributed by atoms with Gasteiger partial charge in [-0.3, -0.25) is 4.55 Å². The summed E-state index contributed by atoms with van der Waals surface area (Å²) in [6, 6.07) is 0. The highest BCUT2D eigenvalue weighted by atomic mass is 32.2. The maximum Gasteiger partial charge on any atom is 0.431 e. The van der Waals surface area contributed by atoms with Crippen LogP contribution in [0.5, 0.6) is 0 Å². The maximum absolute atomic E-state index is 13.4. The molecule has 0 aromatic carbocycles. The fourth-order valence-corrected chi connectivity index (χ4v) is 4.85. The molecular weight excluding hydrogens is 424 g/mol. The summed E-state index contributed by atoms with van der Waals surface area (Å²) in [5.41, 5.74) is -0.189. The number of esters is 1. The third kappa shape index (κ3) is 4.17. The Balaban J connectivity index is 1.45. The Morgan fingerprint density at radius 2 is 1.90 bits per heavy atom. The molecule has 0 aromatic rings. The molecule has 1 saturated heterocycles. The highest BCUT2D eigenvalue weighted by molar-refractivity contribution is 7.87. The van der Waals surface area contributed by atoms with Crippen LogP contribution in [-0.2, 0) is 29.1 Å². The second-order valence-electron chi connectivity index (χ2n) is 7.77. The largest absolute Gasteiger partial charge is 0.456 e. The molecule has 4 fully saturated rings.